The number of carbonyl (C=O) groups excluding carboxylic acids is 1. The van der Waals surface area contributed by atoms with E-state index >= 15 is 0 Å². The molecule has 0 aliphatic carbocycles. The second-order valence-electron chi connectivity index (χ2n) is 6.64. The maximum Gasteiger partial charge on any atom is 0.341 e. The summed E-state index contributed by atoms with van der Waals surface area (Å²) in [5.41, 5.74) is 3.86. The Balaban J connectivity index is 2.18. The standard InChI is InChI=1S/C21H21NO2S/c1-5-17-19(20(23)24-6-2)15(9-11-22-17)14-7-8-18-16(13-14)21(3,4)10-12-25-18/h1,7-9,11,13H,6,10,12H2,2-4H3. The number of fused-ring (bicyclic) bond motifs is 1. The maximum atomic E-state index is 12.5. The van der Waals surface area contributed by atoms with Crippen LogP contribution in [-0.4, -0.2) is 23.3 Å². The van der Waals surface area contributed by atoms with Gasteiger partial charge in [0.05, 0.1) is 6.61 Å². The maximum absolute atomic E-state index is 12.5. The molecule has 128 valence electrons. The van der Waals surface area contributed by atoms with Crippen molar-refractivity contribution in [3.63, 3.8) is 0 Å². The zero-order valence-corrected chi connectivity index (χ0v) is 15.6. The number of benzene rings is 1. The fourth-order valence-corrected chi connectivity index (χ4v) is 4.61. The third kappa shape index (κ3) is 3.29. The van der Waals surface area contributed by atoms with Crippen molar-refractivity contribution < 1.29 is 9.53 Å². The summed E-state index contributed by atoms with van der Waals surface area (Å²) in [7, 11) is 0. The van der Waals surface area contributed by atoms with Gasteiger partial charge in [-0.2, -0.15) is 0 Å². The number of hydrogen-bond donors (Lipinski definition) is 0. The monoisotopic (exact) mass is 351 g/mol. The highest BCUT2D eigenvalue weighted by atomic mass is 32.2. The highest BCUT2D eigenvalue weighted by Crippen LogP contribution is 2.43. The first-order chi connectivity index (χ1) is 12.0. The molecule has 1 aromatic carbocycles. The molecule has 0 saturated heterocycles. The van der Waals surface area contributed by atoms with Crippen LogP contribution in [0, 0.1) is 12.3 Å². The molecule has 1 aliphatic rings. The van der Waals surface area contributed by atoms with Crippen LogP contribution in [0.1, 0.15) is 48.8 Å². The summed E-state index contributed by atoms with van der Waals surface area (Å²) in [6, 6.07) is 8.20. The Morgan fingerprint density at radius 1 is 1.40 bits per heavy atom. The van der Waals surface area contributed by atoms with Gasteiger partial charge in [-0.25, -0.2) is 9.78 Å². The number of terminal acetylenes is 1. The van der Waals surface area contributed by atoms with Crippen molar-refractivity contribution in [2.75, 3.05) is 12.4 Å². The van der Waals surface area contributed by atoms with Crippen LogP contribution in [0.25, 0.3) is 11.1 Å². The fourth-order valence-electron chi connectivity index (χ4n) is 3.12. The van der Waals surface area contributed by atoms with Gasteiger partial charge < -0.3 is 4.74 Å². The van der Waals surface area contributed by atoms with Gasteiger partial charge in [0, 0.05) is 16.7 Å². The summed E-state index contributed by atoms with van der Waals surface area (Å²) >= 11 is 1.88. The van der Waals surface area contributed by atoms with Gasteiger partial charge in [0.15, 0.2) is 0 Å². The van der Waals surface area contributed by atoms with Crippen LogP contribution in [-0.2, 0) is 10.2 Å². The molecular weight excluding hydrogens is 330 g/mol. The molecule has 0 atom stereocenters. The SMILES string of the molecule is C#Cc1nccc(-c2ccc3c(c2)C(C)(C)CCS3)c1C(=O)OCC. The fraction of sp³-hybridized carbons (Fsp3) is 0.333. The Bertz CT molecular complexity index is 865. The first kappa shape index (κ1) is 17.6. The van der Waals surface area contributed by atoms with Crippen LogP contribution >= 0.6 is 11.8 Å². The summed E-state index contributed by atoms with van der Waals surface area (Å²) in [5.74, 6) is 3.21. The van der Waals surface area contributed by atoms with E-state index in [9.17, 15) is 4.79 Å². The summed E-state index contributed by atoms with van der Waals surface area (Å²) in [4.78, 5) is 17.9. The lowest BCUT2D eigenvalue weighted by Crippen LogP contribution is -2.22. The van der Waals surface area contributed by atoms with Gasteiger partial charge in [-0.1, -0.05) is 19.9 Å². The van der Waals surface area contributed by atoms with E-state index in [0.717, 1.165) is 23.3 Å². The molecule has 0 spiro atoms. The normalized spacial score (nSPS) is 15.1. The van der Waals surface area contributed by atoms with Crippen molar-refractivity contribution in [3.05, 3.63) is 47.3 Å². The summed E-state index contributed by atoms with van der Waals surface area (Å²) in [5, 5.41) is 0. The zero-order chi connectivity index (χ0) is 18.0. The number of aromatic nitrogens is 1. The number of hydrogen-bond acceptors (Lipinski definition) is 4. The largest absolute Gasteiger partial charge is 0.462 e. The average molecular weight is 351 g/mol. The van der Waals surface area contributed by atoms with Crippen LogP contribution in [0.3, 0.4) is 0 Å². The van der Waals surface area contributed by atoms with Crippen molar-refractivity contribution in [3.8, 4) is 23.5 Å². The Morgan fingerprint density at radius 2 is 2.20 bits per heavy atom. The van der Waals surface area contributed by atoms with Crippen LogP contribution in [0.15, 0.2) is 35.4 Å². The second kappa shape index (κ2) is 6.93. The molecule has 2 heterocycles. The Hall–Kier alpha value is -2.25. The van der Waals surface area contributed by atoms with Gasteiger partial charge in [0.2, 0.25) is 0 Å². The molecule has 1 aliphatic heterocycles. The Labute approximate surface area is 153 Å². The molecule has 0 N–H and O–H groups in total. The Morgan fingerprint density at radius 3 is 2.92 bits per heavy atom. The number of nitrogens with zero attached hydrogens (tertiary/aromatic N) is 1. The molecular formula is C21H21NO2S. The topological polar surface area (TPSA) is 39.2 Å². The Kier molecular flexibility index (Phi) is 4.87. The minimum absolute atomic E-state index is 0.114. The van der Waals surface area contributed by atoms with Crippen molar-refractivity contribution in [2.24, 2.45) is 0 Å². The van der Waals surface area contributed by atoms with E-state index in [-0.39, 0.29) is 5.41 Å². The molecule has 0 unspecified atom stereocenters. The third-order valence-corrected chi connectivity index (χ3v) is 5.65. The molecule has 0 radical (unpaired) electrons. The molecule has 0 amide bonds. The number of esters is 1. The molecule has 4 heteroatoms. The van der Waals surface area contributed by atoms with Gasteiger partial charge in [-0.05, 0) is 59.8 Å². The van der Waals surface area contributed by atoms with Crippen LogP contribution in [0.4, 0.5) is 0 Å². The summed E-state index contributed by atoms with van der Waals surface area (Å²) in [6.07, 6.45) is 8.34. The van der Waals surface area contributed by atoms with Crippen LogP contribution < -0.4 is 0 Å². The van der Waals surface area contributed by atoms with E-state index in [1.807, 2.05) is 23.9 Å². The molecule has 0 saturated carbocycles. The minimum Gasteiger partial charge on any atom is -0.462 e. The molecule has 25 heavy (non-hydrogen) atoms. The second-order valence-corrected chi connectivity index (χ2v) is 7.78. The summed E-state index contributed by atoms with van der Waals surface area (Å²) < 4.78 is 5.21. The number of ether oxygens (including phenoxy) is 1. The lowest BCUT2D eigenvalue weighted by molar-refractivity contribution is 0.0526. The first-order valence-electron chi connectivity index (χ1n) is 8.38. The van der Waals surface area contributed by atoms with E-state index in [1.165, 1.54) is 10.5 Å². The number of pyridine rings is 1. The number of thioether (sulfide) groups is 1. The van der Waals surface area contributed by atoms with E-state index in [0.29, 0.717) is 17.9 Å². The van der Waals surface area contributed by atoms with Gasteiger partial charge in [0.1, 0.15) is 11.3 Å². The van der Waals surface area contributed by atoms with E-state index in [2.05, 4.69) is 36.9 Å². The molecule has 0 fully saturated rings. The molecule has 2 aromatic rings. The van der Waals surface area contributed by atoms with Gasteiger partial charge in [-0.15, -0.1) is 18.2 Å². The highest BCUT2D eigenvalue weighted by Gasteiger charge is 2.29. The van der Waals surface area contributed by atoms with Gasteiger partial charge in [-0.3, -0.25) is 0 Å². The smallest absolute Gasteiger partial charge is 0.341 e. The van der Waals surface area contributed by atoms with E-state index < -0.39 is 5.97 Å². The third-order valence-electron chi connectivity index (χ3n) is 4.57. The van der Waals surface area contributed by atoms with E-state index in [4.69, 9.17) is 11.2 Å². The van der Waals surface area contributed by atoms with Gasteiger partial charge >= 0.3 is 5.97 Å². The highest BCUT2D eigenvalue weighted by molar-refractivity contribution is 7.99. The van der Waals surface area contributed by atoms with Gasteiger partial charge in [0.25, 0.3) is 0 Å². The van der Waals surface area contributed by atoms with Crippen molar-refractivity contribution in [1.82, 2.24) is 4.98 Å². The first-order valence-corrected chi connectivity index (χ1v) is 9.37. The van der Waals surface area contributed by atoms with Crippen molar-refractivity contribution in [2.45, 2.75) is 37.5 Å². The quantitative estimate of drug-likeness (QED) is 0.594. The average Bonchev–Trinajstić information content (AvgIpc) is 2.61. The van der Waals surface area contributed by atoms with Crippen molar-refractivity contribution in [1.29, 1.82) is 0 Å². The molecule has 0 bridgehead atoms. The number of rotatable bonds is 3. The molecule has 1 aromatic heterocycles. The van der Waals surface area contributed by atoms with Crippen molar-refractivity contribution >= 4 is 17.7 Å². The number of carbonyl (C=O) groups is 1. The van der Waals surface area contributed by atoms with Crippen LogP contribution in [0.2, 0.25) is 0 Å². The minimum atomic E-state index is -0.426. The van der Waals surface area contributed by atoms with Crippen LogP contribution in [0.5, 0.6) is 0 Å². The zero-order valence-electron chi connectivity index (χ0n) is 14.8. The predicted octanol–water partition coefficient (Wildman–Crippen LogP) is 4.68. The lowest BCUT2D eigenvalue weighted by Gasteiger charge is -2.32. The predicted molar refractivity (Wildman–Crippen MR) is 102 cm³/mol. The molecule has 3 rings (SSSR count). The molecule has 3 nitrogen and oxygen atoms in total. The van der Waals surface area contributed by atoms with E-state index in [1.54, 1.807) is 13.1 Å². The summed E-state index contributed by atoms with van der Waals surface area (Å²) in [6.45, 7) is 6.61. The lowest BCUT2D eigenvalue weighted by atomic mass is 9.80.